The molecule has 68 valence electrons. The quantitative estimate of drug-likeness (QED) is 0.748. The van der Waals surface area contributed by atoms with E-state index in [-0.39, 0.29) is 20.6 Å². The zero-order valence-electron chi connectivity index (χ0n) is 12.1. The summed E-state index contributed by atoms with van der Waals surface area (Å²) in [4.78, 5) is 3.73. The van der Waals surface area contributed by atoms with Crippen molar-refractivity contribution in [2.24, 2.45) is 0 Å². The Morgan fingerprint density at radius 2 is 2.62 bits per heavy atom. The van der Waals surface area contributed by atoms with Gasteiger partial charge in [-0.2, -0.15) is 0 Å². The number of aromatic nitrogens is 1. The van der Waals surface area contributed by atoms with Gasteiger partial charge in [0.2, 0.25) is 15.4 Å². The summed E-state index contributed by atoms with van der Waals surface area (Å²) in [5, 5.41) is 0. The van der Waals surface area contributed by atoms with Gasteiger partial charge >= 0.3 is 0 Å². The van der Waals surface area contributed by atoms with Gasteiger partial charge in [-0.25, -0.2) is 9.19 Å². The highest BCUT2D eigenvalue weighted by Gasteiger charge is 2.08. The molecule has 0 aliphatic carbocycles. The van der Waals surface area contributed by atoms with Crippen LogP contribution in [0.2, 0.25) is 0 Å². The molecule has 13 heavy (non-hydrogen) atoms. The number of aryl methyl sites for hydroxylation is 1. The summed E-state index contributed by atoms with van der Waals surface area (Å²) < 4.78 is 64.8. The highest BCUT2D eigenvalue weighted by Crippen LogP contribution is 2.25. The molecule has 0 saturated heterocycles. The molecule has 0 aliphatic heterocycles. The summed E-state index contributed by atoms with van der Waals surface area (Å²) in [6, 6.07) is -1.49. The zero-order chi connectivity index (χ0) is 14.5. The number of hydrogen-bond donors (Lipinski definition) is 1. The van der Waals surface area contributed by atoms with Crippen molar-refractivity contribution in [3.05, 3.63) is 23.7 Å². The molecular formula is C8H7NO2S2. The van der Waals surface area contributed by atoms with Gasteiger partial charge in [-0.1, -0.05) is 12.1 Å². The summed E-state index contributed by atoms with van der Waals surface area (Å²) in [7, 11) is 0. The predicted octanol–water partition coefficient (Wildman–Crippen LogP) is 2.19. The Hall–Kier alpha value is -0.780. The minimum atomic E-state index is -2.68. The molecule has 2 aromatic rings. The van der Waals surface area contributed by atoms with Crippen molar-refractivity contribution < 1.29 is 17.0 Å². The van der Waals surface area contributed by atoms with Gasteiger partial charge in [0.1, 0.15) is 0 Å². The van der Waals surface area contributed by atoms with Crippen molar-refractivity contribution in [3.63, 3.8) is 0 Å². The van der Waals surface area contributed by atoms with E-state index in [2.05, 4.69) is 4.98 Å². The van der Waals surface area contributed by atoms with Gasteiger partial charge in [0.05, 0.1) is 14.3 Å². The summed E-state index contributed by atoms with van der Waals surface area (Å²) in [6.07, 6.45) is 0. The topological polar surface area (TPSA) is 50.2 Å². The van der Waals surface area contributed by atoms with Crippen LogP contribution in [0.15, 0.2) is 22.5 Å². The molecule has 1 aromatic heterocycles. The maximum Gasteiger partial charge on any atom is 0.216 e. The number of para-hydroxylation sites is 1. The van der Waals surface area contributed by atoms with Crippen molar-refractivity contribution >= 4 is 32.6 Å². The highest BCUT2D eigenvalue weighted by atomic mass is 32.2. The third kappa shape index (κ3) is 1.50. The Bertz CT molecular complexity index is 695. The molecular weight excluding hydrogens is 206 g/mol. The molecule has 2 rings (SSSR count). The SMILES string of the molecule is [2H]c1c([2H])c([2H])c2sc(S(=O)O)nc2c1C([2H])([2H])[2H]. The molecule has 1 heterocycles. The Morgan fingerprint density at radius 1 is 1.77 bits per heavy atom. The van der Waals surface area contributed by atoms with Crippen LogP contribution < -0.4 is 0 Å². The average Bonchev–Trinajstić information content (AvgIpc) is 2.69. The molecule has 3 nitrogen and oxygen atoms in total. The van der Waals surface area contributed by atoms with Gasteiger partial charge in [-0.3, -0.25) is 0 Å². The Kier molecular flexibility index (Phi) is 1.02. The van der Waals surface area contributed by atoms with Crippen LogP contribution in [0, 0.1) is 6.85 Å². The van der Waals surface area contributed by atoms with Crippen molar-refractivity contribution in [1.82, 2.24) is 4.98 Å². The summed E-state index contributed by atoms with van der Waals surface area (Å²) in [6.45, 7) is -2.68. The van der Waals surface area contributed by atoms with Gasteiger partial charge in [0, 0.05) is 4.11 Å². The van der Waals surface area contributed by atoms with Crippen LogP contribution in [0.25, 0.3) is 10.2 Å². The molecule has 1 aromatic carbocycles. The number of thiazole rings is 1. The Balaban J connectivity index is 2.98. The minimum Gasteiger partial charge on any atom is -0.300 e. The van der Waals surface area contributed by atoms with Crippen molar-refractivity contribution in [2.45, 2.75) is 11.2 Å². The summed E-state index contributed by atoms with van der Waals surface area (Å²) in [5.74, 6) is 0. The maximum atomic E-state index is 11.0. The van der Waals surface area contributed by atoms with Crippen molar-refractivity contribution in [2.75, 3.05) is 0 Å². The highest BCUT2D eigenvalue weighted by molar-refractivity contribution is 7.81. The lowest BCUT2D eigenvalue weighted by Crippen LogP contribution is -1.85. The number of rotatable bonds is 1. The van der Waals surface area contributed by atoms with Gasteiger partial charge in [-0.15, -0.1) is 11.3 Å². The Morgan fingerprint density at radius 3 is 3.31 bits per heavy atom. The van der Waals surface area contributed by atoms with Gasteiger partial charge in [-0.05, 0) is 18.5 Å². The van der Waals surface area contributed by atoms with Gasteiger partial charge < -0.3 is 4.55 Å². The van der Waals surface area contributed by atoms with Crippen LogP contribution in [0.4, 0.5) is 0 Å². The normalized spacial score (nSPS) is 21.0. The number of fused-ring (bicyclic) bond motifs is 1. The molecule has 5 heteroatoms. The molecule has 0 aliphatic rings. The van der Waals surface area contributed by atoms with E-state index in [1.54, 1.807) is 0 Å². The maximum absolute atomic E-state index is 11.0. The number of nitrogens with zero attached hydrogens (tertiary/aromatic N) is 1. The molecule has 1 unspecified atom stereocenters. The second kappa shape index (κ2) is 3.17. The van der Waals surface area contributed by atoms with E-state index < -0.39 is 35.6 Å². The lowest BCUT2D eigenvalue weighted by Gasteiger charge is -1.90. The fourth-order valence-electron chi connectivity index (χ4n) is 0.839. The molecule has 0 saturated carbocycles. The predicted molar refractivity (Wildman–Crippen MR) is 53.4 cm³/mol. The molecule has 1 atom stereocenters. The van der Waals surface area contributed by atoms with Gasteiger partial charge in [0.15, 0.2) is 0 Å². The van der Waals surface area contributed by atoms with E-state index in [4.69, 9.17) is 12.8 Å². The van der Waals surface area contributed by atoms with E-state index >= 15 is 0 Å². The van der Waals surface area contributed by atoms with Crippen molar-refractivity contribution in [1.29, 1.82) is 0 Å². The molecule has 1 N–H and O–H groups in total. The largest absolute Gasteiger partial charge is 0.300 e. The van der Waals surface area contributed by atoms with Crippen LogP contribution in [0.1, 0.15) is 13.8 Å². The summed E-state index contributed by atoms with van der Waals surface area (Å²) >= 11 is -1.72. The van der Waals surface area contributed by atoms with E-state index in [9.17, 15) is 4.21 Å². The lowest BCUT2D eigenvalue weighted by molar-refractivity contribution is 0.564. The second-order valence-corrected chi connectivity index (χ2v) is 4.30. The first-order valence-electron chi connectivity index (χ1n) is 6.16. The first kappa shape index (κ1) is 4.16. The van der Waals surface area contributed by atoms with Crippen LogP contribution in [-0.4, -0.2) is 13.7 Å². The van der Waals surface area contributed by atoms with E-state index in [1.165, 1.54) is 0 Å². The standard InChI is InChI=1S/C8H7NO2S2/c1-5-3-2-4-6-7(5)9-8(12-6)13(10)11/h2-4H,1H3,(H,10,11)/i1D3,2D,3D,4D. The third-order valence-electron chi connectivity index (χ3n) is 1.36. The van der Waals surface area contributed by atoms with Gasteiger partial charge in [0.25, 0.3) is 0 Å². The molecule has 0 bridgehead atoms. The van der Waals surface area contributed by atoms with Crippen LogP contribution in [-0.2, 0) is 11.1 Å². The average molecular weight is 219 g/mol. The monoisotopic (exact) mass is 219 g/mol. The fraction of sp³-hybridized carbons (Fsp3) is 0.125. The third-order valence-corrected chi connectivity index (χ3v) is 3.19. The van der Waals surface area contributed by atoms with E-state index in [0.29, 0.717) is 11.3 Å². The van der Waals surface area contributed by atoms with Crippen LogP contribution >= 0.6 is 11.3 Å². The lowest BCUT2D eigenvalue weighted by atomic mass is 10.2. The first-order valence-corrected chi connectivity index (χ1v) is 5.08. The van der Waals surface area contributed by atoms with Crippen molar-refractivity contribution in [3.8, 4) is 0 Å². The zero-order valence-corrected chi connectivity index (χ0v) is 7.75. The fourth-order valence-corrected chi connectivity index (χ4v) is 2.20. The van der Waals surface area contributed by atoms with E-state index in [1.807, 2.05) is 0 Å². The molecule has 0 radical (unpaired) electrons. The minimum absolute atomic E-state index is 0.0320. The Labute approximate surface area is 90.1 Å². The molecule has 0 fully saturated rings. The van der Waals surface area contributed by atoms with Crippen LogP contribution in [0.3, 0.4) is 0 Å². The number of hydrogen-bond acceptors (Lipinski definition) is 3. The second-order valence-electron chi connectivity index (χ2n) is 2.16. The van der Waals surface area contributed by atoms with Crippen LogP contribution in [0.5, 0.6) is 0 Å². The smallest absolute Gasteiger partial charge is 0.216 e. The number of benzene rings is 1. The molecule has 0 amide bonds. The first-order chi connectivity index (χ1) is 8.64. The summed E-state index contributed by atoms with van der Waals surface area (Å²) in [5.41, 5.74) is -0.634. The molecule has 0 spiro atoms. The van der Waals surface area contributed by atoms with E-state index in [0.717, 1.165) is 0 Å².